The first-order valence-corrected chi connectivity index (χ1v) is 14.4. The van der Waals surface area contributed by atoms with Crippen LogP contribution in [0.15, 0.2) is 41.7 Å². The van der Waals surface area contributed by atoms with Crippen molar-refractivity contribution in [2.75, 3.05) is 0 Å². The number of pyridine rings is 1. The molecule has 4 N–H and O–H groups in total. The van der Waals surface area contributed by atoms with E-state index in [-0.39, 0.29) is 42.1 Å². The highest BCUT2D eigenvalue weighted by molar-refractivity contribution is 6.35. The molecular formula is C29H32Cl2F3N5O5. The van der Waals surface area contributed by atoms with E-state index in [9.17, 15) is 22.8 Å². The number of guanidine groups is 1. The lowest BCUT2D eigenvalue weighted by molar-refractivity contribution is -0.192. The maximum absolute atomic E-state index is 13.6. The quantitative estimate of drug-likeness (QED) is 0.388. The number of hydrogen-bond donors (Lipinski definition) is 3. The molecule has 1 aromatic carbocycles. The number of alkyl halides is 3. The summed E-state index contributed by atoms with van der Waals surface area (Å²) in [7, 11) is 0. The molecule has 44 heavy (non-hydrogen) atoms. The molecule has 1 fully saturated rings. The molecule has 3 heterocycles. The Morgan fingerprint density at radius 3 is 2.45 bits per heavy atom. The van der Waals surface area contributed by atoms with Gasteiger partial charge in [0.25, 0.3) is 0 Å². The average molecular weight is 659 g/mol. The number of ether oxygens (including phenoxy) is 1. The van der Waals surface area contributed by atoms with Gasteiger partial charge in [0, 0.05) is 35.3 Å². The normalized spacial score (nSPS) is 24.0. The van der Waals surface area contributed by atoms with Crippen LogP contribution in [0.4, 0.5) is 13.2 Å². The van der Waals surface area contributed by atoms with Gasteiger partial charge in [-0.1, -0.05) is 29.3 Å². The molecule has 0 spiro atoms. The van der Waals surface area contributed by atoms with Crippen LogP contribution in [0.2, 0.25) is 10.0 Å². The molecular weight excluding hydrogens is 626 g/mol. The third-order valence-corrected chi connectivity index (χ3v) is 7.95. The Morgan fingerprint density at radius 1 is 1.23 bits per heavy atom. The highest BCUT2D eigenvalue weighted by Gasteiger charge is 2.53. The van der Waals surface area contributed by atoms with Crippen LogP contribution in [0.25, 0.3) is 0 Å². The van der Waals surface area contributed by atoms with E-state index in [0.717, 1.165) is 11.1 Å². The van der Waals surface area contributed by atoms with Crippen molar-refractivity contribution in [1.29, 1.82) is 0 Å². The predicted molar refractivity (Wildman–Crippen MR) is 156 cm³/mol. The number of halogens is 5. The number of aromatic nitrogens is 1. The first kappa shape index (κ1) is 33.3. The Kier molecular flexibility index (Phi) is 9.14. The fourth-order valence-electron chi connectivity index (χ4n) is 5.56. The smallest absolute Gasteiger partial charge is 0.486 e. The van der Waals surface area contributed by atoms with Crippen LogP contribution in [0, 0.1) is 11.8 Å². The number of aliphatic carboxylic acids is 1. The average Bonchev–Trinajstić information content (AvgIpc) is 3.67. The largest absolute Gasteiger partial charge is 0.490 e. The molecule has 1 aromatic heterocycles. The Labute approximate surface area is 261 Å². The van der Waals surface area contributed by atoms with E-state index in [1.165, 1.54) is 0 Å². The molecule has 2 amide bonds. The molecule has 5 rings (SSSR count). The Morgan fingerprint density at radius 2 is 1.89 bits per heavy atom. The second-order valence-electron chi connectivity index (χ2n) is 12.2. The Balaban J connectivity index is 0.000000566. The van der Waals surface area contributed by atoms with Gasteiger partial charge >= 0.3 is 12.1 Å². The van der Waals surface area contributed by atoms with Gasteiger partial charge in [-0.3, -0.25) is 19.5 Å². The summed E-state index contributed by atoms with van der Waals surface area (Å²) in [6.07, 6.45) is -0.271. The van der Waals surface area contributed by atoms with Crippen LogP contribution in [0.5, 0.6) is 5.75 Å². The second-order valence-corrected chi connectivity index (χ2v) is 13.0. The van der Waals surface area contributed by atoms with Gasteiger partial charge in [-0.25, -0.2) is 9.79 Å². The summed E-state index contributed by atoms with van der Waals surface area (Å²) in [5.74, 6) is -2.68. The molecule has 238 valence electrons. The standard InChI is InChI=1S/C27H31Cl2N5O3.C2HF3O2/c1-26(2)12-21(35)34(25(30)33-26)22(14-6-5-7-31-13-14)16-10-17(16)24(36)32-20-11-27(3,4)37-23-18(20)8-15(28)9-19(23)29;3-2(4,5)1(6)7/h5-9,13,16-17,20,22H,10-12H2,1-4H3,(H2,30,33)(H,32,36);(H,6,7)/t16-,17-,20?,22-;/m1./s1. The summed E-state index contributed by atoms with van der Waals surface area (Å²) < 4.78 is 37.8. The summed E-state index contributed by atoms with van der Waals surface area (Å²) >= 11 is 12.7. The minimum absolute atomic E-state index is 0.0936. The SMILES string of the molecule is CC1(C)CC(=O)N([C@H](c2cccnc2)[C@@H]2C[C@H]2C(=O)NC2CC(C)(C)Oc3c(Cl)cc(Cl)cc32)C(N)=N1.O=C(O)C(F)(F)F. The minimum atomic E-state index is -5.08. The van der Waals surface area contributed by atoms with Gasteiger partial charge in [0.15, 0.2) is 5.96 Å². The van der Waals surface area contributed by atoms with Crippen molar-refractivity contribution in [3.8, 4) is 5.75 Å². The zero-order chi connectivity index (χ0) is 32.8. The molecule has 2 aromatic rings. The van der Waals surface area contributed by atoms with Crippen molar-refractivity contribution in [2.45, 2.75) is 76.4 Å². The van der Waals surface area contributed by atoms with Gasteiger partial charge in [0.1, 0.15) is 11.4 Å². The summed E-state index contributed by atoms with van der Waals surface area (Å²) in [5, 5.41) is 11.2. The topological polar surface area (TPSA) is 147 Å². The molecule has 1 saturated carbocycles. The number of aliphatic imine (C=N–C) groups is 1. The van der Waals surface area contributed by atoms with E-state index < -0.39 is 29.3 Å². The van der Waals surface area contributed by atoms with Gasteiger partial charge in [0.2, 0.25) is 11.8 Å². The summed E-state index contributed by atoms with van der Waals surface area (Å²) in [6.45, 7) is 7.69. The molecule has 0 saturated heterocycles. The van der Waals surface area contributed by atoms with Crippen molar-refractivity contribution in [1.82, 2.24) is 15.2 Å². The molecule has 15 heteroatoms. The van der Waals surface area contributed by atoms with Gasteiger partial charge in [-0.15, -0.1) is 0 Å². The van der Waals surface area contributed by atoms with Crippen LogP contribution in [0.3, 0.4) is 0 Å². The van der Waals surface area contributed by atoms with E-state index in [1.807, 2.05) is 39.8 Å². The zero-order valence-corrected chi connectivity index (χ0v) is 25.8. The monoisotopic (exact) mass is 657 g/mol. The van der Waals surface area contributed by atoms with Crippen LogP contribution >= 0.6 is 23.2 Å². The van der Waals surface area contributed by atoms with Crippen molar-refractivity contribution < 1.29 is 37.4 Å². The number of fused-ring (bicyclic) bond motifs is 1. The number of hydrogen-bond acceptors (Lipinski definition) is 7. The van der Waals surface area contributed by atoms with E-state index in [0.29, 0.717) is 28.6 Å². The van der Waals surface area contributed by atoms with Crippen molar-refractivity contribution in [3.63, 3.8) is 0 Å². The van der Waals surface area contributed by atoms with Gasteiger partial charge in [-0.2, -0.15) is 13.2 Å². The number of carboxylic acids is 1. The Hall–Kier alpha value is -3.58. The van der Waals surface area contributed by atoms with Crippen molar-refractivity contribution >= 4 is 46.9 Å². The summed E-state index contributed by atoms with van der Waals surface area (Å²) in [5.41, 5.74) is 6.82. The number of amides is 2. The number of nitrogens with two attached hydrogens (primary N) is 1. The van der Waals surface area contributed by atoms with Gasteiger partial charge < -0.3 is 20.9 Å². The number of carbonyl (C=O) groups is 3. The van der Waals surface area contributed by atoms with Gasteiger partial charge in [-0.05, 0) is 63.8 Å². The molecule has 0 radical (unpaired) electrons. The number of carboxylic acid groups (broad SMARTS) is 1. The zero-order valence-electron chi connectivity index (χ0n) is 24.3. The number of rotatable bonds is 5. The molecule has 4 atom stereocenters. The lowest BCUT2D eigenvalue weighted by atomic mass is 9.89. The second kappa shape index (κ2) is 12.1. The molecule has 1 unspecified atom stereocenters. The molecule has 2 aliphatic heterocycles. The number of nitrogens with zero attached hydrogens (tertiary/aromatic N) is 3. The van der Waals surface area contributed by atoms with E-state index >= 15 is 0 Å². The van der Waals surface area contributed by atoms with Gasteiger partial charge in [0.05, 0.1) is 29.1 Å². The third-order valence-electron chi connectivity index (χ3n) is 7.45. The van der Waals surface area contributed by atoms with Crippen LogP contribution < -0.4 is 15.8 Å². The molecule has 10 nitrogen and oxygen atoms in total. The fraction of sp³-hybridized carbons (Fsp3) is 0.483. The lowest BCUT2D eigenvalue weighted by Gasteiger charge is -2.39. The number of carbonyl (C=O) groups excluding carboxylic acids is 2. The minimum Gasteiger partial charge on any atom is -0.486 e. The fourth-order valence-corrected chi connectivity index (χ4v) is 6.11. The number of nitrogens with one attached hydrogen (secondary N) is 1. The lowest BCUT2D eigenvalue weighted by Crippen LogP contribution is -2.52. The first-order valence-electron chi connectivity index (χ1n) is 13.7. The van der Waals surface area contributed by atoms with Crippen LogP contribution in [0.1, 0.15) is 70.2 Å². The van der Waals surface area contributed by atoms with Crippen LogP contribution in [-0.4, -0.2) is 56.0 Å². The third kappa shape index (κ3) is 7.55. The molecule has 3 aliphatic rings. The van der Waals surface area contributed by atoms with E-state index in [2.05, 4.69) is 15.3 Å². The Bertz CT molecular complexity index is 1490. The molecule has 0 bridgehead atoms. The van der Waals surface area contributed by atoms with Crippen molar-refractivity contribution in [3.05, 3.63) is 57.8 Å². The highest BCUT2D eigenvalue weighted by atomic mass is 35.5. The van der Waals surface area contributed by atoms with Crippen molar-refractivity contribution in [2.24, 2.45) is 22.6 Å². The first-order chi connectivity index (χ1) is 20.3. The van der Waals surface area contributed by atoms with E-state index in [1.54, 1.807) is 29.4 Å². The maximum Gasteiger partial charge on any atom is 0.490 e. The summed E-state index contributed by atoms with van der Waals surface area (Å²) in [4.78, 5) is 46.1. The highest BCUT2D eigenvalue weighted by Crippen LogP contribution is 2.52. The maximum atomic E-state index is 13.6. The van der Waals surface area contributed by atoms with E-state index in [4.69, 9.17) is 43.6 Å². The summed E-state index contributed by atoms with van der Waals surface area (Å²) in [6, 6.07) is 6.41. The number of benzene rings is 1. The molecule has 1 aliphatic carbocycles. The van der Waals surface area contributed by atoms with Crippen LogP contribution in [-0.2, 0) is 14.4 Å². The predicted octanol–water partition coefficient (Wildman–Crippen LogP) is 5.44.